The predicted octanol–water partition coefficient (Wildman–Crippen LogP) is 2.84. The minimum absolute atomic E-state index is 0.204. The summed E-state index contributed by atoms with van der Waals surface area (Å²) in [5, 5.41) is 7.79. The Morgan fingerprint density at radius 2 is 2.24 bits per heavy atom. The van der Waals surface area contributed by atoms with Gasteiger partial charge in [-0.1, -0.05) is 37.8 Å². The van der Waals surface area contributed by atoms with Gasteiger partial charge in [0.2, 0.25) is 0 Å². The Bertz CT molecular complexity index is 366. The van der Waals surface area contributed by atoms with E-state index < -0.39 is 0 Å². The molecule has 0 amide bonds. The Hall–Kier alpha value is -1.19. The number of hydrogen-bond acceptors (Lipinski definition) is 3. The highest BCUT2D eigenvalue weighted by Gasteiger charge is 2.18. The first kappa shape index (κ1) is 12.3. The van der Waals surface area contributed by atoms with Crippen LogP contribution in [0.5, 0.6) is 0 Å². The molecule has 0 aliphatic heterocycles. The zero-order valence-electron chi connectivity index (χ0n) is 10.6. The molecular weight excluding hydrogens is 214 g/mol. The minimum atomic E-state index is 0.204. The summed E-state index contributed by atoms with van der Waals surface area (Å²) in [6.07, 6.45) is 9.57. The average molecular weight is 235 g/mol. The Morgan fingerprint density at radius 3 is 2.94 bits per heavy atom. The van der Waals surface area contributed by atoms with E-state index in [1.165, 1.54) is 25.7 Å². The van der Waals surface area contributed by atoms with Gasteiger partial charge >= 0.3 is 0 Å². The topological polar surface area (TPSA) is 47.8 Å². The highest BCUT2D eigenvalue weighted by molar-refractivity contribution is 5.94. The smallest absolute Gasteiger partial charge is 0.182 e. The summed E-state index contributed by atoms with van der Waals surface area (Å²) in [4.78, 5) is 12.1. The quantitative estimate of drug-likeness (QED) is 0.712. The van der Waals surface area contributed by atoms with Crippen LogP contribution in [0.15, 0.2) is 6.20 Å². The van der Waals surface area contributed by atoms with Gasteiger partial charge in [0.25, 0.3) is 0 Å². The van der Waals surface area contributed by atoms with E-state index in [-0.39, 0.29) is 5.78 Å². The first-order valence-electron chi connectivity index (χ1n) is 6.73. The van der Waals surface area contributed by atoms with Crippen molar-refractivity contribution in [3.63, 3.8) is 0 Å². The second-order valence-corrected chi connectivity index (χ2v) is 4.95. The summed E-state index contributed by atoms with van der Waals surface area (Å²) in [6, 6.07) is 0. The van der Waals surface area contributed by atoms with E-state index in [1.807, 2.05) is 0 Å². The van der Waals surface area contributed by atoms with Crippen LogP contribution in [0.2, 0.25) is 0 Å². The van der Waals surface area contributed by atoms with Crippen molar-refractivity contribution >= 4 is 5.78 Å². The van der Waals surface area contributed by atoms with Crippen LogP contribution < -0.4 is 0 Å². The third kappa shape index (κ3) is 3.14. The Morgan fingerprint density at radius 1 is 1.47 bits per heavy atom. The highest BCUT2D eigenvalue weighted by atomic mass is 16.1. The molecule has 94 valence electrons. The van der Waals surface area contributed by atoms with Crippen LogP contribution >= 0.6 is 0 Å². The van der Waals surface area contributed by atoms with Crippen molar-refractivity contribution in [2.24, 2.45) is 5.92 Å². The van der Waals surface area contributed by atoms with Gasteiger partial charge in [0, 0.05) is 13.0 Å². The van der Waals surface area contributed by atoms with E-state index in [0.29, 0.717) is 12.1 Å². The average Bonchev–Trinajstić information content (AvgIpc) is 2.97. The van der Waals surface area contributed by atoms with Crippen molar-refractivity contribution in [1.29, 1.82) is 0 Å². The first-order chi connectivity index (χ1) is 8.31. The molecule has 17 heavy (non-hydrogen) atoms. The van der Waals surface area contributed by atoms with Gasteiger partial charge in [-0.3, -0.25) is 4.79 Å². The van der Waals surface area contributed by atoms with E-state index >= 15 is 0 Å². The molecule has 1 fully saturated rings. The number of rotatable bonds is 6. The lowest BCUT2D eigenvalue weighted by Crippen LogP contribution is -2.11. The summed E-state index contributed by atoms with van der Waals surface area (Å²) in [5.41, 5.74) is 0.685. The summed E-state index contributed by atoms with van der Waals surface area (Å²) in [5.74, 6) is 0.977. The summed E-state index contributed by atoms with van der Waals surface area (Å²) < 4.78 is 1.73. The van der Waals surface area contributed by atoms with Gasteiger partial charge in [-0.2, -0.15) is 0 Å². The van der Waals surface area contributed by atoms with Gasteiger partial charge in [0.15, 0.2) is 5.78 Å². The number of nitrogens with zero attached hydrogens (tertiary/aromatic N) is 3. The molecule has 0 aromatic carbocycles. The van der Waals surface area contributed by atoms with Crippen LogP contribution in [-0.4, -0.2) is 20.8 Å². The van der Waals surface area contributed by atoms with Gasteiger partial charge in [-0.05, 0) is 18.8 Å². The van der Waals surface area contributed by atoms with Crippen molar-refractivity contribution < 1.29 is 4.79 Å². The Balaban J connectivity index is 1.87. The maximum Gasteiger partial charge on any atom is 0.182 e. The molecule has 1 aromatic heterocycles. The van der Waals surface area contributed by atoms with Crippen molar-refractivity contribution in [2.75, 3.05) is 0 Å². The first-order valence-corrected chi connectivity index (χ1v) is 6.73. The van der Waals surface area contributed by atoms with Gasteiger partial charge in [-0.25, -0.2) is 4.68 Å². The fourth-order valence-electron chi connectivity index (χ4n) is 2.61. The molecular formula is C13H21N3O. The molecule has 0 unspecified atom stereocenters. The number of aryl methyl sites for hydroxylation is 1. The minimum Gasteiger partial charge on any atom is -0.292 e. The number of aromatic nitrogens is 3. The number of carbonyl (C=O) groups excluding carboxylic acids is 1. The number of hydrogen-bond donors (Lipinski definition) is 0. The monoisotopic (exact) mass is 235 g/mol. The largest absolute Gasteiger partial charge is 0.292 e. The molecule has 1 aliphatic carbocycles. The predicted molar refractivity (Wildman–Crippen MR) is 65.8 cm³/mol. The van der Waals surface area contributed by atoms with Crippen LogP contribution in [0.25, 0.3) is 0 Å². The van der Waals surface area contributed by atoms with Crippen LogP contribution in [0.3, 0.4) is 0 Å². The SMILES string of the molecule is CCCn1nncc1C(=O)CCC1CCCC1. The zero-order chi connectivity index (χ0) is 12.1. The van der Waals surface area contributed by atoms with E-state index in [2.05, 4.69) is 17.2 Å². The van der Waals surface area contributed by atoms with E-state index in [0.717, 1.165) is 25.3 Å². The lowest BCUT2D eigenvalue weighted by Gasteiger charge is -2.08. The molecule has 2 rings (SSSR count). The van der Waals surface area contributed by atoms with E-state index in [9.17, 15) is 4.79 Å². The lowest BCUT2D eigenvalue weighted by molar-refractivity contribution is 0.0963. The zero-order valence-corrected chi connectivity index (χ0v) is 10.6. The third-order valence-electron chi connectivity index (χ3n) is 3.59. The van der Waals surface area contributed by atoms with Gasteiger partial charge in [0.1, 0.15) is 5.69 Å². The number of carbonyl (C=O) groups is 1. The molecule has 0 N–H and O–H groups in total. The third-order valence-corrected chi connectivity index (χ3v) is 3.59. The lowest BCUT2D eigenvalue weighted by atomic mass is 9.99. The molecule has 1 heterocycles. The van der Waals surface area contributed by atoms with E-state index in [4.69, 9.17) is 0 Å². The van der Waals surface area contributed by atoms with Crippen molar-refractivity contribution in [1.82, 2.24) is 15.0 Å². The summed E-state index contributed by atoms with van der Waals surface area (Å²) in [7, 11) is 0. The molecule has 0 bridgehead atoms. The maximum atomic E-state index is 12.1. The van der Waals surface area contributed by atoms with Crippen molar-refractivity contribution in [3.8, 4) is 0 Å². The van der Waals surface area contributed by atoms with Crippen molar-refractivity contribution in [3.05, 3.63) is 11.9 Å². The number of Topliss-reactive ketones (excluding diaryl/α,β-unsaturated/α-hetero) is 1. The summed E-state index contributed by atoms with van der Waals surface area (Å²) >= 11 is 0. The Kier molecular flexibility index (Phi) is 4.29. The Labute approximate surface area is 102 Å². The summed E-state index contributed by atoms with van der Waals surface area (Å²) in [6.45, 7) is 2.86. The molecule has 0 saturated heterocycles. The molecule has 1 saturated carbocycles. The molecule has 4 heteroatoms. The fourth-order valence-corrected chi connectivity index (χ4v) is 2.61. The number of ketones is 1. The molecule has 0 spiro atoms. The standard InChI is InChI=1S/C13H21N3O/c1-2-9-16-12(10-14-15-16)13(17)8-7-11-5-3-4-6-11/h10-11H,2-9H2,1H3. The molecule has 4 nitrogen and oxygen atoms in total. The molecule has 0 atom stereocenters. The van der Waals surface area contributed by atoms with Gasteiger partial charge in [0.05, 0.1) is 6.20 Å². The molecule has 1 aromatic rings. The van der Waals surface area contributed by atoms with Gasteiger partial charge in [-0.15, -0.1) is 5.10 Å². The molecule has 1 aliphatic rings. The second kappa shape index (κ2) is 5.94. The van der Waals surface area contributed by atoms with E-state index in [1.54, 1.807) is 10.9 Å². The fraction of sp³-hybridized carbons (Fsp3) is 0.769. The van der Waals surface area contributed by atoms with Crippen LogP contribution in [0, 0.1) is 5.92 Å². The molecule has 0 radical (unpaired) electrons. The van der Waals surface area contributed by atoms with Crippen LogP contribution in [0.4, 0.5) is 0 Å². The van der Waals surface area contributed by atoms with Crippen LogP contribution in [-0.2, 0) is 6.54 Å². The normalized spacial score (nSPS) is 16.5. The highest BCUT2D eigenvalue weighted by Crippen LogP contribution is 2.28. The van der Waals surface area contributed by atoms with Crippen LogP contribution in [0.1, 0.15) is 62.4 Å². The second-order valence-electron chi connectivity index (χ2n) is 4.95. The van der Waals surface area contributed by atoms with Gasteiger partial charge < -0.3 is 0 Å². The maximum absolute atomic E-state index is 12.1. The van der Waals surface area contributed by atoms with Crippen molar-refractivity contribution in [2.45, 2.75) is 58.4 Å².